The van der Waals surface area contributed by atoms with E-state index in [-0.39, 0.29) is 0 Å². The second kappa shape index (κ2) is 8.41. The average molecular weight is 396 g/mol. The van der Waals surface area contributed by atoms with Gasteiger partial charge < -0.3 is 9.68 Å². The van der Waals surface area contributed by atoms with Gasteiger partial charge in [0.25, 0.3) is 0 Å². The van der Waals surface area contributed by atoms with Crippen molar-refractivity contribution in [1.82, 2.24) is 0 Å². The molecule has 0 heterocycles. The summed E-state index contributed by atoms with van der Waals surface area (Å²) in [5.41, 5.74) is 4.93. The molecule has 0 aliphatic rings. The van der Waals surface area contributed by atoms with E-state index >= 15 is 0 Å². The molecule has 0 saturated heterocycles. The highest BCUT2D eigenvalue weighted by atomic mass is 16.6. The minimum absolute atomic E-state index is 0.548. The highest BCUT2D eigenvalue weighted by molar-refractivity contribution is 5.61. The Morgan fingerprint density at radius 3 is 1.53 bits per heavy atom. The summed E-state index contributed by atoms with van der Waals surface area (Å²) in [6.07, 6.45) is 0. The molecule has 0 saturated carbocycles. The smallest absolute Gasteiger partial charge is 0.149 e. The lowest BCUT2D eigenvalue weighted by Gasteiger charge is -2.37. The molecule has 4 heteroatoms. The van der Waals surface area contributed by atoms with Crippen LogP contribution in [-0.2, 0) is 5.41 Å². The number of rotatable bonds is 6. The molecule has 0 aliphatic heterocycles. The molecule has 0 aromatic heterocycles. The van der Waals surface area contributed by atoms with Crippen molar-refractivity contribution in [2.24, 2.45) is 11.8 Å². The van der Waals surface area contributed by atoms with Crippen LogP contribution in [0.4, 0.5) is 0 Å². The van der Waals surface area contributed by atoms with Gasteiger partial charge in [-0.05, 0) is 52.9 Å². The fourth-order valence-corrected chi connectivity index (χ4v) is 4.17. The molecule has 150 valence electrons. The molecule has 0 bridgehead atoms. The molecule has 0 atom stereocenters. The summed E-state index contributed by atoms with van der Waals surface area (Å²) in [5, 5.41) is 0. The van der Waals surface area contributed by atoms with Gasteiger partial charge >= 0.3 is 0 Å². The maximum Gasteiger partial charge on any atom is 0.149 e. The number of nitrogens with two attached hydrogens (primary N) is 2. The molecule has 4 nitrogen and oxygen atoms in total. The molecular formula is C26H24N2O2. The first kappa shape index (κ1) is 19.7. The van der Waals surface area contributed by atoms with Crippen molar-refractivity contribution in [3.05, 3.63) is 131 Å². The maximum absolute atomic E-state index is 5.45. The average Bonchev–Trinajstić information content (AvgIpc) is 2.82. The van der Waals surface area contributed by atoms with E-state index < -0.39 is 5.41 Å². The molecule has 4 aromatic carbocycles. The highest BCUT2D eigenvalue weighted by Gasteiger charge is 2.38. The molecule has 0 fully saturated rings. The van der Waals surface area contributed by atoms with E-state index in [2.05, 4.69) is 72.8 Å². The largest absolute Gasteiger partial charge is 0.412 e. The minimum atomic E-state index is -0.548. The van der Waals surface area contributed by atoms with E-state index in [9.17, 15) is 0 Å². The first-order valence-electron chi connectivity index (χ1n) is 9.76. The Morgan fingerprint density at radius 2 is 1.07 bits per heavy atom. The number of aryl methyl sites for hydroxylation is 1. The predicted octanol–water partition coefficient (Wildman–Crippen LogP) is 4.88. The molecule has 0 aliphatic carbocycles. The lowest BCUT2D eigenvalue weighted by atomic mass is 9.65. The summed E-state index contributed by atoms with van der Waals surface area (Å²) < 4.78 is 0. The number of hydrogen-bond donors (Lipinski definition) is 2. The van der Waals surface area contributed by atoms with Crippen LogP contribution in [0.1, 0.15) is 27.8 Å². The lowest BCUT2D eigenvalue weighted by molar-refractivity contribution is 0.332. The first-order chi connectivity index (χ1) is 14.7. The second-order valence-corrected chi connectivity index (χ2v) is 7.22. The zero-order valence-corrected chi connectivity index (χ0v) is 16.8. The SMILES string of the molecule is Cc1cc(C(c2ccccc2)(c2ccccc2)c2ccc(ON)cc2)ccc1ON. The molecule has 4 rings (SSSR count). The van der Waals surface area contributed by atoms with Gasteiger partial charge in [0.15, 0.2) is 0 Å². The molecule has 0 amide bonds. The Labute approximate surface area is 176 Å². The summed E-state index contributed by atoms with van der Waals surface area (Å²) >= 11 is 0. The van der Waals surface area contributed by atoms with Gasteiger partial charge in [0.2, 0.25) is 0 Å². The van der Waals surface area contributed by atoms with Crippen LogP contribution in [0, 0.1) is 6.92 Å². The van der Waals surface area contributed by atoms with Gasteiger partial charge in [0, 0.05) is 0 Å². The van der Waals surface area contributed by atoms with E-state index in [1.54, 1.807) is 0 Å². The Morgan fingerprint density at radius 1 is 0.567 bits per heavy atom. The van der Waals surface area contributed by atoms with Crippen LogP contribution in [0.15, 0.2) is 103 Å². The van der Waals surface area contributed by atoms with Crippen molar-refractivity contribution >= 4 is 0 Å². The Kier molecular flexibility index (Phi) is 5.53. The summed E-state index contributed by atoms with van der Waals surface area (Å²) in [5.74, 6) is 12.1. The van der Waals surface area contributed by atoms with Crippen molar-refractivity contribution in [3.63, 3.8) is 0 Å². The molecule has 0 spiro atoms. The van der Waals surface area contributed by atoms with Crippen LogP contribution in [0.3, 0.4) is 0 Å². The van der Waals surface area contributed by atoms with Crippen LogP contribution < -0.4 is 21.5 Å². The van der Waals surface area contributed by atoms with E-state index in [1.807, 2.05) is 37.3 Å². The lowest BCUT2D eigenvalue weighted by Crippen LogP contribution is -2.31. The Hall–Kier alpha value is -3.60. The standard InChI is InChI=1S/C26H24N2O2/c1-19-18-23(14-17-25(19)30-28)26(20-8-4-2-5-9-20,21-10-6-3-7-11-21)22-12-15-24(29-27)16-13-22/h2-18H,27-28H2,1H3. The van der Waals surface area contributed by atoms with Crippen LogP contribution in [-0.4, -0.2) is 0 Å². The van der Waals surface area contributed by atoms with Crippen LogP contribution in [0.25, 0.3) is 0 Å². The molecule has 0 unspecified atom stereocenters. The zero-order chi connectivity index (χ0) is 21.0. The van der Waals surface area contributed by atoms with Gasteiger partial charge in [-0.3, -0.25) is 0 Å². The third-order valence-corrected chi connectivity index (χ3v) is 5.57. The van der Waals surface area contributed by atoms with Gasteiger partial charge in [0.1, 0.15) is 11.5 Å². The molecule has 0 radical (unpaired) electrons. The second-order valence-electron chi connectivity index (χ2n) is 7.22. The van der Waals surface area contributed by atoms with Crippen LogP contribution >= 0.6 is 0 Å². The van der Waals surface area contributed by atoms with Crippen molar-refractivity contribution in [3.8, 4) is 11.5 Å². The summed E-state index contributed by atoms with van der Waals surface area (Å²) in [6, 6.07) is 35.0. The quantitative estimate of drug-likeness (QED) is 0.360. The zero-order valence-electron chi connectivity index (χ0n) is 16.8. The Balaban J connectivity index is 2.09. The normalized spacial score (nSPS) is 11.2. The molecule has 4 aromatic rings. The maximum atomic E-state index is 5.45. The third-order valence-electron chi connectivity index (χ3n) is 5.57. The van der Waals surface area contributed by atoms with Gasteiger partial charge in [-0.15, -0.1) is 0 Å². The fourth-order valence-electron chi connectivity index (χ4n) is 4.17. The Bertz CT molecular complexity index is 1070. The van der Waals surface area contributed by atoms with Crippen LogP contribution in [0.5, 0.6) is 11.5 Å². The molecular weight excluding hydrogens is 372 g/mol. The van der Waals surface area contributed by atoms with E-state index in [0.717, 1.165) is 27.8 Å². The number of hydrogen-bond acceptors (Lipinski definition) is 4. The van der Waals surface area contributed by atoms with Gasteiger partial charge in [-0.25, -0.2) is 0 Å². The number of benzene rings is 4. The molecule has 30 heavy (non-hydrogen) atoms. The van der Waals surface area contributed by atoms with E-state index in [0.29, 0.717) is 11.5 Å². The van der Waals surface area contributed by atoms with Crippen molar-refractivity contribution in [2.45, 2.75) is 12.3 Å². The van der Waals surface area contributed by atoms with Crippen molar-refractivity contribution in [2.75, 3.05) is 0 Å². The summed E-state index contributed by atoms with van der Waals surface area (Å²) in [6.45, 7) is 2.00. The summed E-state index contributed by atoms with van der Waals surface area (Å²) in [4.78, 5) is 9.95. The van der Waals surface area contributed by atoms with E-state index in [1.165, 1.54) is 0 Å². The fraction of sp³-hybridized carbons (Fsp3) is 0.0769. The molecule has 4 N–H and O–H groups in total. The van der Waals surface area contributed by atoms with Gasteiger partial charge in [-0.2, -0.15) is 11.8 Å². The topological polar surface area (TPSA) is 70.5 Å². The van der Waals surface area contributed by atoms with Crippen LogP contribution in [0.2, 0.25) is 0 Å². The predicted molar refractivity (Wildman–Crippen MR) is 119 cm³/mol. The highest BCUT2D eigenvalue weighted by Crippen LogP contribution is 2.46. The monoisotopic (exact) mass is 396 g/mol. The van der Waals surface area contributed by atoms with Crippen molar-refractivity contribution < 1.29 is 9.68 Å². The van der Waals surface area contributed by atoms with Crippen molar-refractivity contribution in [1.29, 1.82) is 0 Å². The van der Waals surface area contributed by atoms with E-state index in [4.69, 9.17) is 21.5 Å². The summed E-state index contributed by atoms with van der Waals surface area (Å²) in [7, 11) is 0. The third kappa shape index (κ3) is 3.32. The van der Waals surface area contributed by atoms with Gasteiger partial charge in [0.05, 0.1) is 5.41 Å². The first-order valence-corrected chi connectivity index (χ1v) is 9.76. The minimum Gasteiger partial charge on any atom is -0.412 e. The van der Waals surface area contributed by atoms with Gasteiger partial charge in [-0.1, -0.05) is 84.9 Å².